The first kappa shape index (κ1) is 13.8. The molecule has 2 aromatic rings. The highest BCUT2D eigenvalue weighted by Crippen LogP contribution is 2.46. The van der Waals surface area contributed by atoms with Gasteiger partial charge < -0.3 is 4.90 Å². The van der Waals surface area contributed by atoms with Crippen LogP contribution in [0.3, 0.4) is 0 Å². The van der Waals surface area contributed by atoms with Crippen LogP contribution in [-0.2, 0) is 0 Å². The predicted molar refractivity (Wildman–Crippen MR) is 80.3 cm³/mol. The lowest BCUT2D eigenvalue weighted by atomic mass is 10.2. The molecule has 22 heavy (non-hydrogen) atoms. The number of fused-ring (bicyclic) bond motifs is 2. The molecule has 0 N–H and O–H groups in total. The van der Waals surface area contributed by atoms with Crippen molar-refractivity contribution in [1.82, 2.24) is 15.0 Å². The first-order chi connectivity index (χ1) is 10.6. The number of allylic oxidation sites excluding steroid dienone is 1. The molecule has 3 atom stereocenters. The molecule has 0 aromatic carbocycles. The van der Waals surface area contributed by atoms with Crippen molar-refractivity contribution < 1.29 is 8.78 Å². The van der Waals surface area contributed by atoms with E-state index in [2.05, 4.69) is 15.0 Å². The van der Waals surface area contributed by atoms with Gasteiger partial charge in [-0.1, -0.05) is 12.2 Å². The molecule has 0 amide bonds. The average molecular weight is 323 g/mol. The summed E-state index contributed by atoms with van der Waals surface area (Å²) >= 11 is 5.96. The Labute approximate surface area is 130 Å². The van der Waals surface area contributed by atoms with Gasteiger partial charge in [0.05, 0.1) is 17.1 Å². The lowest BCUT2D eigenvalue weighted by molar-refractivity contribution is 0.438. The van der Waals surface area contributed by atoms with Crippen molar-refractivity contribution >= 4 is 28.3 Å². The van der Waals surface area contributed by atoms with E-state index in [-0.39, 0.29) is 28.5 Å². The van der Waals surface area contributed by atoms with Gasteiger partial charge in [-0.2, -0.15) is 4.98 Å². The van der Waals surface area contributed by atoms with Crippen LogP contribution >= 0.6 is 11.6 Å². The molecule has 1 saturated carbocycles. The number of alkyl halides is 1. The topological polar surface area (TPSA) is 41.9 Å². The first-order valence-electron chi connectivity index (χ1n) is 7.12. The number of anilines is 1. The number of aryl methyl sites for hydroxylation is 1. The van der Waals surface area contributed by atoms with E-state index in [9.17, 15) is 8.78 Å². The number of rotatable bonds is 1. The molecule has 4 rings (SSSR count). The van der Waals surface area contributed by atoms with E-state index in [1.165, 1.54) is 6.20 Å². The molecule has 1 aliphatic heterocycles. The Morgan fingerprint density at radius 1 is 1.32 bits per heavy atom. The van der Waals surface area contributed by atoms with Crippen molar-refractivity contribution in [1.29, 1.82) is 0 Å². The smallest absolute Gasteiger partial charge is 0.225 e. The summed E-state index contributed by atoms with van der Waals surface area (Å²) < 4.78 is 28.3. The van der Waals surface area contributed by atoms with E-state index in [0.717, 1.165) is 0 Å². The molecule has 114 valence electrons. The largest absolute Gasteiger partial charge is 0.346 e. The van der Waals surface area contributed by atoms with Crippen LogP contribution in [0.15, 0.2) is 18.3 Å². The van der Waals surface area contributed by atoms with Crippen LogP contribution < -0.4 is 4.90 Å². The van der Waals surface area contributed by atoms with Gasteiger partial charge in [0.25, 0.3) is 0 Å². The Bertz CT molecular complexity index is 795. The first-order valence-corrected chi connectivity index (χ1v) is 7.50. The van der Waals surface area contributed by atoms with Crippen LogP contribution in [0.25, 0.3) is 10.9 Å². The summed E-state index contributed by atoms with van der Waals surface area (Å²) in [4.78, 5) is 14.1. The summed E-state index contributed by atoms with van der Waals surface area (Å²) in [6.45, 7) is 2.08. The van der Waals surface area contributed by atoms with Crippen molar-refractivity contribution in [2.75, 3.05) is 11.4 Å². The van der Waals surface area contributed by atoms with Crippen molar-refractivity contribution in [3.63, 3.8) is 0 Å². The van der Waals surface area contributed by atoms with Crippen molar-refractivity contribution in [3.8, 4) is 0 Å². The zero-order valence-electron chi connectivity index (χ0n) is 11.8. The van der Waals surface area contributed by atoms with Crippen LogP contribution in [0.1, 0.15) is 12.1 Å². The molecule has 1 fully saturated rings. The Hall–Kier alpha value is -1.82. The van der Waals surface area contributed by atoms with Gasteiger partial charge in [0.15, 0.2) is 5.82 Å². The molecular formula is C15H13ClF2N4. The maximum absolute atomic E-state index is 14.3. The molecule has 0 saturated heterocycles. The molecule has 0 radical (unpaired) electrons. The average Bonchev–Trinajstić information content (AvgIpc) is 3.18. The van der Waals surface area contributed by atoms with Crippen molar-refractivity contribution in [2.45, 2.75) is 25.6 Å². The predicted octanol–water partition coefficient (Wildman–Crippen LogP) is 3.23. The maximum atomic E-state index is 14.3. The highest BCUT2D eigenvalue weighted by atomic mass is 35.5. The van der Waals surface area contributed by atoms with E-state index in [1.54, 1.807) is 6.92 Å². The molecule has 1 aliphatic carbocycles. The lowest BCUT2D eigenvalue weighted by Gasteiger charge is -2.23. The molecule has 2 aliphatic rings. The van der Waals surface area contributed by atoms with Gasteiger partial charge in [-0.15, -0.1) is 0 Å². The van der Waals surface area contributed by atoms with Gasteiger partial charge in [-0.25, -0.2) is 13.8 Å². The van der Waals surface area contributed by atoms with Gasteiger partial charge in [-0.3, -0.25) is 4.98 Å². The third-order valence-electron chi connectivity index (χ3n) is 4.35. The molecule has 0 spiro atoms. The Morgan fingerprint density at radius 2 is 2.14 bits per heavy atom. The Kier molecular flexibility index (Phi) is 3.04. The fraction of sp³-hybridized carbons (Fsp3) is 0.400. The summed E-state index contributed by atoms with van der Waals surface area (Å²) in [7, 11) is 0. The summed E-state index contributed by atoms with van der Waals surface area (Å²) in [6.07, 6.45) is 5.30. The van der Waals surface area contributed by atoms with Crippen LogP contribution in [0.5, 0.6) is 0 Å². The van der Waals surface area contributed by atoms with Gasteiger partial charge in [0, 0.05) is 18.7 Å². The number of halogens is 3. The standard InChI is InChI=1S/C15H13ClF2N4/c1-7-10(17)12-9(6-19-7)14(21-15(16)20-12)22-5-3-2-4-8-11(18)13(8)22/h2-3,6,8,11,13H,4-5H2,1H3. The summed E-state index contributed by atoms with van der Waals surface area (Å²) in [5, 5.41) is 0.411. The molecule has 0 bridgehead atoms. The zero-order chi connectivity index (χ0) is 15.4. The van der Waals surface area contributed by atoms with E-state index >= 15 is 0 Å². The second-order valence-corrected chi connectivity index (χ2v) is 6.03. The van der Waals surface area contributed by atoms with E-state index < -0.39 is 12.0 Å². The zero-order valence-corrected chi connectivity index (χ0v) is 12.6. The van der Waals surface area contributed by atoms with E-state index in [4.69, 9.17) is 11.6 Å². The highest BCUT2D eigenvalue weighted by molar-refractivity contribution is 6.28. The van der Waals surface area contributed by atoms with Crippen LogP contribution in [0.2, 0.25) is 5.28 Å². The van der Waals surface area contributed by atoms with Gasteiger partial charge in [-0.05, 0) is 24.9 Å². The van der Waals surface area contributed by atoms with Crippen LogP contribution in [0, 0.1) is 18.7 Å². The third kappa shape index (κ3) is 1.97. The molecule has 7 heteroatoms. The van der Waals surface area contributed by atoms with E-state index in [1.807, 2.05) is 17.1 Å². The normalized spacial score (nSPS) is 26.9. The monoisotopic (exact) mass is 322 g/mol. The lowest BCUT2D eigenvalue weighted by Crippen LogP contribution is -2.29. The third-order valence-corrected chi connectivity index (χ3v) is 4.52. The van der Waals surface area contributed by atoms with Crippen molar-refractivity contribution in [3.05, 3.63) is 35.1 Å². The van der Waals surface area contributed by atoms with Crippen LogP contribution in [0.4, 0.5) is 14.6 Å². The Morgan fingerprint density at radius 3 is 2.95 bits per heavy atom. The summed E-state index contributed by atoms with van der Waals surface area (Å²) in [5.74, 6) is -0.105. The summed E-state index contributed by atoms with van der Waals surface area (Å²) in [6, 6.07) is -0.242. The van der Waals surface area contributed by atoms with Gasteiger partial charge >= 0.3 is 0 Å². The number of nitrogens with zero attached hydrogens (tertiary/aromatic N) is 4. The molecular weight excluding hydrogens is 310 g/mol. The molecule has 3 unspecified atom stereocenters. The fourth-order valence-corrected chi connectivity index (χ4v) is 3.27. The molecule has 4 nitrogen and oxygen atoms in total. The van der Waals surface area contributed by atoms with Crippen LogP contribution in [-0.4, -0.2) is 33.7 Å². The number of pyridine rings is 1. The highest BCUT2D eigenvalue weighted by Gasteiger charge is 2.55. The maximum Gasteiger partial charge on any atom is 0.225 e. The molecule has 2 aromatic heterocycles. The minimum absolute atomic E-state index is 0.0363. The van der Waals surface area contributed by atoms with Gasteiger partial charge in [0.2, 0.25) is 5.28 Å². The van der Waals surface area contributed by atoms with Crippen molar-refractivity contribution in [2.24, 2.45) is 5.92 Å². The van der Waals surface area contributed by atoms with Gasteiger partial charge in [0.1, 0.15) is 17.5 Å². The molecule has 3 heterocycles. The minimum Gasteiger partial charge on any atom is -0.346 e. The fourth-order valence-electron chi connectivity index (χ4n) is 3.10. The second kappa shape index (κ2) is 4.84. The minimum atomic E-state index is -0.892. The number of hydrogen-bond donors (Lipinski definition) is 0. The number of hydrogen-bond acceptors (Lipinski definition) is 4. The number of aromatic nitrogens is 3. The Balaban J connectivity index is 1.91. The second-order valence-electron chi connectivity index (χ2n) is 5.69. The quantitative estimate of drug-likeness (QED) is 0.597. The summed E-state index contributed by atoms with van der Waals surface area (Å²) in [5.41, 5.74) is 0.375. The SMILES string of the molecule is Cc1ncc2c(N3CC=CCC4C(F)C43)nc(Cl)nc2c1F. The van der Waals surface area contributed by atoms with E-state index in [0.29, 0.717) is 24.2 Å².